The molecule has 1 heterocycles. The molecule has 82 valence electrons. The average molecular weight is 238 g/mol. The highest BCUT2D eigenvalue weighted by atomic mass is 32.2. The summed E-state index contributed by atoms with van der Waals surface area (Å²) in [7, 11) is -2.86. The lowest BCUT2D eigenvalue weighted by Crippen LogP contribution is -2.43. The zero-order valence-corrected chi connectivity index (χ0v) is 9.33. The lowest BCUT2D eigenvalue weighted by Gasteiger charge is -2.13. The lowest BCUT2D eigenvalue weighted by molar-refractivity contribution is 0.300. The van der Waals surface area contributed by atoms with Crippen molar-refractivity contribution in [1.29, 1.82) is 0 Å². The minimum absolute atomic E-state index is 0.00475. The number of hydrogen-bond donors (Lipinski definition) is 3. The minimum atomic E-state index is -2.86. The molecule has 0 spiro atoms. The molecule has 14 heavy (non-hydrogen) atoms. The fourth-order valence-electron chi connectivity index (χ4n) is 1.31. The van der Waals surface area contributed by atoms with Crippen molar-refractivity contribution in [3.8, 4) is 0 Å². The molecule has 0 unspecified atom stereocenters. The third-order valence-corrected chi connectivity index (χ3v) is 4.00. The van der Waals surface area contributed by atoms with Gasteiger partial charge in [0.15, 0.2) is 14.9 Å². The van der Waals surface area contributed by atoms with Crippen molar-refractivity contribution in [2.75, 3.05) is 24.7 Å². The highest BCUT2D eigenvalue weighted by Gasteiger charge is 2.27. The standard InChI is InChI=1S/C7H14N2O3S2/c10-3-2-8-7(13)9-6-1-4-14(11,12)5-6/h6,10H,1-5H2,(H2,8,9,13)/t6-/m0/s1. The fraction of sp³-hybridized carbons (Fsp3) is 0.857. The van der Waals surface area contributed by atoms with Gasteiger partial charge in [-0.15, -0.1) is 0 Å². The zero-order valence-electron chi connectivity index (χ0n) is 7.69. The third kappa shape index (κ3) is 3.77. The third-order valence-electron chi connectivity index (χ3n) is 1.97. The van der Waals surface area contributed by atoms with Gasteiger partial charge in [0, 0.05) is 12.6 Å². The summed E-state index contributed by atoms with van der Waals surface area (Å²) in [4.78, 5) is 0. The summed E-state index contributed by atoms with van der Waals surface area (Å²) in [6, 6.07) is -0.0845. The van der Waals surface area contributed by atoms with E-state index in [-0.39, 0.29) is 24.2 Å². The number of thiocarbonyl (C=S) groups is 1. The molecule has 0 radical (unpaired) electrons. The van der Waals surface area contributed by atoms with Gasteiger partial charge in [-0.25, -0.2) is 8.42 Å². The number of sulfone groups is 1. The summed E-state index contributed by atoms with van der Waals surface area (Å²) < 4.78 is 22.2. The summed E-state index contributed by atoms with van der Waals surface area (Å²) in [5.74, 6) is 0.376. The monoisotopic (exact) mass is 238 g/mol. The van der Waals surface area contributed by atoms with Gasteiger partial charge in [0.1, 0.15) is 0 Å². The molecule has 5 nitrogen and oxygen atoms in total. The second-order valence-corrected chi connectivity index (χ2v) is 5.86. The first-order valence-corrected chi connectivity index (χ1v) is 6.62. The molecule has 1 aliphatic rings. The van der Waals surface area contributed by atoms with Crippen LogP contribution < -0.4 is 10.6 Å². The molecule has 1 rings (SSSR count). The Morgan fingerprint density at radius 3 is 2.79 bits per heavy atom. The minimum Gasteiger partial charge on any atom is -0.395 e. The predicted molar refractivity (Wildman–Crippen MR) is 57.9 cm³/mol. The number of rotatable bonds is 3. The molecular weight excluding hydrogens is 224 g/mol. The summed E-state index contributed by atoms with van der Waals surface area (Å²) in [5, 5.41) is 14.6. The Labute approximate surface area is 88.8 Å². The van der Waals surface area contributed by atoms with E-state index in [0.717, 1.165) is 0 Å². The maximum atomic E-state index is 11.1. The van der Waals surface area contributed by atoms with Gasteiger partial charge in [-0.05, 0) is 18.6 Å². The molecule has 0 amide bonds. The van der Waals surface area contributed by atoms with Crippen LogP contribution in [-0.4, -0.2) is 49.3 Å². The van der Waals surface area contributed by atoms with Gasteiger partial charge in [0.05, 0.1) is 18.1 Å². The van der Waals surface area contributed by atoms with E-state index in [1.54, 1.807) is 0 Å². The molecule has 0 aliphatic carbocycles. The molecule has 0 bridgehead atoms. The molecule has 1 atom stereocenters. The molecule has 0 saturated carbocycles. The van der Waals surface area contributed by atoms with E-state index in [9.17, 15) is 8.42 Å². The average Bonchev–Trinajstić information content (AvgIpc) is 2.42. The van der Waals surface area contributed by atoms with E-state index in [2.05, 4.69) is 10.6 Å². The summed E-state index contributed by atoms with van der Waals surface area (Å²) in [5.41, 5.74) is 0. The fourth-order valence-corrected chi connectivity index (χ4v) is 3.26. The van der Waals surface area contributed by atoms with Gasteiger partial charge in [0.2, 0.25) is 0 Å². The quantitative estimate of drug-likeness (QED) is 0.527. The Morgan fingerprint density at radius 1 is 1.57 bits per heavy atom. The van der Waals surface area contributed by atoms with Crippen LogP contribution in [0.5, 0.6) is 0 Å². The Hall–Kier alpha value is -0.400. The van der Waals surface area contributed by atoms with Crippen LogP contribution in [0.25, 0.3) is 0 Å². The van der Waals surface area contributed by atoms with Crippen LogP contribution in [0.4, 0.5) is 0 Å². The van der Waals surface area contributed by atoms with Crippen molar-refractivity contribution >= 4 is 27.2 Å². The van der Waals surface area contributed by atoms with Crippen molar-refractivity contribution in [2.24, 2.45) is 0 Å². The maximum absolute atomic E-state index is 11.1. The van der Waals surface area contributed by atoms with Gasteiger partial charge in [-0.1, -0.05) is 0 Å². The first-order valence-electron chi connectivity index (χ1n) is 4.39. The number of aliphatic hydroxyl groups excluding tert-OH is 1. The first-order chi connectivity index (χ1) is 6.53. The van der Waals surface area contributed by atoms with Crippen LogP contribution in [0, 0.1) is 0 Å². The van der Waals surface area contributed by atoms with Crippen LogP contribution in [-0.2, 0) is 9.84 Å². The van der Waals surface area contributed by atoms with Crippen LogP contribution in [0.1, 0.15) is 6.42 Å². The molecule has 1 aliphatic heterocycles. The molecule has 7 heteroatoms. The first kappa shape index (κ1) is 11.7. The Kier molecular flexibility index (Phi) is 4.09. The van der Waals surface area contributed by atoms with E-state index >= 15 is 0 Å². The van der Waals surface area contributed by atoms with Crippen molar-refractivity contribution in [3.05, 3.63) is 0 Å². The summed E-state index contributed by atoms with van der Waals surface area (Å²) >= 11 is 4.90. The maximum Gasteiger partial charge on any atom is 0.166 e. The van der Waals surface area contributed by atoms with E-state index in [0.29, 0.717) is 18.1 Å². The lowest BCUT2D eigenvalue weighted by atomic mass is 10.3. The van der Waals surface area contributed by atoms with Crippen molar-refractivity contribution in [2.45, 2.75) is 12.5 Å². The predicted octanol–water partition coefficient (Wildman–Crippen LogP) is -1.37. The smallest absolute Gasteiger partial charge is 0.166 e. The highest BCUT2D eigenvalue weighted by Crippen LogP contribution is 2.10. The topological polar surface area (TPSA) is 78.4 Å². The van der Waals surface area contributed by atoms with E-state index in [1.807, 2.05) is 0 Å². The summed E-state index contributed by atoms with van der Waals surface area (Å²) in [6.45, 7) is 0.385. The number of aliphatic hydroxyl groups is 1. The van der Waals surface area contributed by atoms with Crippen LogP contribution in [0.15, 0.2) is 0 Å². The molecule has 1 saturated heterocycles. The zero-order chi connectivity index (χ0) is 10.6. The Morgan fingerprint density at radius 2 is 2.29 bits per heavy atom. The van der Waals surface area contributed by atoms with E-state index in [4.69, 9.17) is 17.3 Å². The van der Waals surface area contributed by atoms with Crippen LogP contribution in [0.3, 0.4) is 0 Å². The second kappa shape index (κ2) is 4.90. The number of hydrogen-bond acceptors (Lipinski definition) is 4. The molecule has 0 aromatic rings. The van der Waals surface area contributed by atoms with Crippen molar-refractivity contribution in [3.63, 3.8) is 0 Å². The molecule has 0 aromatic heterocycles. The normalized spacial score (nSPS) is 24.5. The second-order valence-electron chi connectivity index (χ2n) is 3.22. The SMILES string of the molecule is O=S1(=O)CC[C@H](NC(=S)NCCO)C1. The molecule has 3 N–H and O–H groups in total. The van der Waals surface area contributed by atoms with Gasteiger partial charge in [-0.3, -0.25) is 0 Å². The van der Waals surface area contributed by atoms with Crippen molar-refractivity contribution in [1.82, 2.24) is 10.6 Å². The largest absolute Gasteiger partial charge is 0.395 e. The summed E-state index contributed by atoms with van der Waals surface area (Å²) in [6.07, 6.45) is 0.600. The van der Waals surface area contributed by atoms with Crippen LogP contribution >= 0.6 is 12.2 Å². The van der Waals surface area contributed by atoms with Gasteiger partial charge in [-0.2, -0.15) is 0 Å². The van der Waals surface area contributed by atoms with E-state index in [1.165, 1.54) is 0 Å². The Balaban J connectivity index is 2.29. The Bertz CT molecular complexity index is 302. The highest BCUT2D eigenvalue weighted by molar-refractivity contribution is 7.91. The molecular formula is C7H14N2O3S2. The number of nitrogens with one attached hydrogen (secondary N) is 2. The van der Waals surface area contributed by atoms with E-state index < -0.39 is 9.84 Å². The van der Waals surface area contributed by atoms with Crippen molar-refractivity contribution < 1.29 is 13.5 Å². The van der Waals surface area contributed by atoms with Gasteiger partial charge in [0.25, 0.3) is 0 Å². The van der Waals surface area contributed by atoms with Gasteiger partial charge < -0.3 is 15.7 Å². The molecule has 1 fully saturated rings. The molecule has 0 aromatic carbocycles. The van der Waals surface area contributed by atoms with Gasteiger partial charge >= 0.3 is 0 Å². The van der Waals surface area contributed by atoms with Crippen LogP contribution in [0.2, 0.25) is 0 Å².